The van der Waals surface area contributed by atoms with Crippen LogP contribution in [0.5, 0.6) is 0 Å². The molecule has 13 heterocycles. The fraction of sp³-hybridized carbons (Fsp3) is 0.958. The maximum Gasteiger partial charge on any atom is 0.220 e. The van der Waals surface area contributed by atoms with Gasteiger partial charge in [0.1, 0.15) is 0 Å². The Morgan fingerprint density at radius 1 is 0.321 bits per heavy atom. The van der Waals surface area contributed by atoms with Gasteiger partial charge in [0, 0.05) is 37.4 Å². The quantitative estimate of drug-likeness (QED) is 0.142. The highest BCUT2D eigenvalue weighted by atomic mass is 16.3. The monoisotopic (exact) mass is 1120 g/mol. The fourth-order valence-electron chi connectivity index (χ4n) is 27.5. The Morgan fingerprint density at radius 3 is 0.852 bits per heavy atom. The maximum atomic E-state index is 14.0. The number of aliphatic hydroxyl groups excluding tert-OH is 3. The number of carbonyl (C=O) groups is 3. The van der Waals surface area contributed by atoms with Crippen LogP contribution in [0.15, 0.2) is 0 Å². The zero-order chi connectivity index (χ0) is 56.9. The van der Waals surface area contributed by atoms with Crippen molar-refractivity contribution in [2.45, 2.75) is 291 Å². The van der Waals surface area contributed by atoms with Gasteiger partial charge in [0.2, 0.25) is 17.7 Å². The summed E-state index contributed by atoms with van der Waals surface area (Å²) in [5, 5.41) is 48.3. The molecule has 9 nitrogen and oxygen atoms in total. The maximum absolute atomic E-state index is 14.0. The number of nitrogens with one attached hydrogen (secondary N) is 3. The highest BCUT2D eigenvalue weighted by molar-refractivity contribution is 5.77. The molecule has 0 spiro atoms. The highest BCUT2D eigenvalue weighted by Crippen LogP contribution is 2.72. The molecular weight excluding hydrogens is 1000 g/mol. The van der Waals surface area contributed by atoms with E-state index in [0.717, 1.165) is 116 Å². The Labute approximate surface area is 491 Å². The van der Waals surface area contributed by atoms with E-state index in [1.165, 1.54) is 57.8 Å². The van der Waals surface area contributed by atoms with Crippen molar-refractivity contribution in [1.29, 1.82) is 0 Å². The molecule has 25 aliphatic rings. The Hall–Kier alpha value is -1.71. The number of hydrogen-bond acceptors (Lipinski definition) is 6. The van der Waals surface area contributed by atoms with Gasteiger partial charge in [0.05, 0.1) is 18.3 Å². The normalized spacial score (nSPS) is 57.6. The summed E-state index contributed by atoms with van der Waals surface area (Å²) in [5.41, 5.74) is 0.282. The van der Waals surface area contributed by atoms with Gasteiger partial charge in [-0.25, -0.2) is 0 Å². The van der Waals surface area contributed by atoms with Crippen molar-refractivity contribution in [2.24, 2.45) is 139 Å². The van der Waals surface area contributed by atoms with Gasteiger partial charge in [-0.1, -0.05) is 62.3 Å². The molecular formula is C72H117N3O6. The van der Waals surface area contributed by atoms with Crippen LogP contribution in [0.2, 0.25) is 0 Å². The van der Waals surface area contributed by atoms with Gasteiger partial charge in [-0.15, -0.1) is 0 Å². The molecule has 0 aromatic rings. The Morgan fingerprint density at radius 2 is 0.580 bits per heavy atom. The van der Waals surface area contributed by atoms with Gasteiger partial charge in [0.25, 0.3) is 0 Å². The molecule has 13 aliphatic heterocycles. The van der Waals surface area contributed by atoms with Gasteiger partial charge >= 0.3 is 0 Å². The molecule has 12 aliphatic carbocycles. The molecule has 81 heavy (non-hydrogen) atoms. The first kappa shape index (κ1) is 58.3. The number of hydrogen-bond donors (Lipinski definition) is 6. The molecule has 0 unspecified atom stereocenters. The lowest BCUT2D eigenvalue weighted by molar-refractivity contribution is -0.171. The van der Waals surface area contributed by atoms with E-state index in [4.69, 9.17) is 0 Å². The van der Waals surface area contributed by atoms with Gasteiger partial charge < -0.3 is 31.3 Å². The van der Waals surface area contributed by atoms with Crippen molar-refractivity contribution in [3.8, 4) is 0 Å². The van der Waals surface area contributed by atoms with E-state index >= 15 is 0 Å². The fourth-order valence-corrected chi connectivity index (χ4v) is 27.5. The van der Waals surface area contributed by atoms with Gasteiger partial charge in [-0.3, -0.25) is 14.4 Å². The van der Waals surface area contributed by atoms with E-state index in [1.54, 1.807) is 0 Å². The Kier molecular flexibility index (Phi) is 15.3. The van der Waals surface area contributed by atoms with Crippen molar-refractivity contribution >= 4 is 17.7 Å². The number of amides is 3. The highest BCUT2D eigenvalue weighted by Gasteiger charge is 2.67. The Bertz CT molecular complexity index is 2110. The molecule has 6 N–H and O–H groups in total. The SMILES string of the molecule is C[C@@H]1CCC(=O)N[C@@H]2CC[C@@]3(C)[C@H](CC[C@@H]4[C@@H]3C[C@H](O)[C@]3(C)[C@H](CC[C@@H]43)[C@H](C)CCC(=O)N[C@@H]3CC[C@@]4(C)[C@H](CC[C@@H]5[C@@H]4C[C@H](O)[C@]4(C)[C@H](CC[C@@H]54)[C@H](C)CCC(=O)N[C@@H]4CC[C@@]5(C)[C@H](CC[C@@H]6[C@@H]5C[C@H](O)[C@]5(C)[C@@H]1CC[C@@H]65)C4)C3)C2. The van der Waals surface area contributed by atoms with Crippen LogP contribution in [-0.4, -0.2) is 69.5 Å². The van der Waals surface area contributed by atoms with Crippen LogP contribution < -0.4 is 16.0 Å². The van der Waals surface area contributed by atoms with E-state index in [1.807, 2.05) is 0 Å². The minimum atomic E-state index is -0.312. The predicted molar refractivity (Wildman–Crippen MR) is 321 cm³/mol. The zero-order valence-corrected chi connectivity index (χ0v) is 52.6. The number of rotatable bonds is 0. The zero-order valence-electron chi connectivity index (χ0n) is 52.6. The van der Waals surface area contributed by atoms with Crippen LogP contribution >= 0.6 is 0 Å². The molecule has 24 bridgehead atoms. The van der Waals surface area contributed by atoms with Crippen molar-refractivity contribution in [2.75, 3.05) is 0 Å². The summed E-state index contributed by atoms with van der Waals surface area (Å²) < 4.78 is 0. The molecule has 0 radical (unpaired) electrons. The number of aliphatic hydroxyl groups is 3. The van der Waals surface area contributed by atoms with Crippen LogP contribution in [-0.2, 0) is 14.4 Å². The van der Waals surface area contributed by atoms with Crippen LogP contribution in [0.4, 0.5) is 0 Å². The topological polar surface area (TPSA) is 148 Å². The average molecular weight is 1120 g/mol. The minimum absolute atomic E-state index is 0.104. The van der Waals surface area contributed by atoms with Crippen molar-refractivity contribution in [1.82, 2.24) is 16.0 Å². The first-order valence-electron chi connectivity index (χ1n) is 35.4. The molecule has 13 saturated heterocycles. The average Bonchev–Trinajstić information content (AvgIpc) is 2.65. The summed E-state index contributed by atoms with van der Waals surface area (Å²) in [7, 11) is 0. The molecule has 0 aromatic carbocycles. The lowest BCUT2D eigenvalue weighted by Gasteiger charge is -2.62. The first-order chi connectivity index (χ1) is 38.5. The van der Waals surface area contributed by atoms with Gasteiger partial charge in [-0.05, 0) is 312 Å². The number of carbonyl (C=O) groups excluding carboxylic acids is 3. The van der Waals surface area contributed by atoms with E-state index < -0.39 is 0 Å². The molecule has 456 valence electrons. The summed E-state index contributed by atoms with van der Waals surface area (Å²) in [4.78, 5) is 42.0. The molecule has 0 aromatic heterocycles. The lowest BCUT2D eigenvalue weighted by atomic mass is 9.43. The van der Waals surface area contributed by atoms with Crippen LogP contribution in [0.1, 0.15) is 255 Å². The second-order valence-electron chi connectivity index (χ2n) is 34.5. The summed E-state index contributed by atoms with van der Waals surface area (Å²) >= 11 is 0. The van der Waals surface area contributed by atoms with Crippen LogP contribution in [0.3, 0.4) is 0 Å². The standard InChI is InChI=1S/C72H117N3O6/c1-40-10-25-64(79)73-46-28-31-68(5)44(34-46)14-17-50-56-23-20-53(71(56,8)62(77)38-59(50)68)42(3)12-27-66(81)75-48-30-33-69(6)45(36-48)15-18-51-57-24-21-54(72(57,9)63(78)39-60(51)69)41(2)11-26-65(80)74-47-29-32-67(4)43(35-47)13-16-49-55-22-19-52(40)70(55,7)61(76)37-58(49)67/h40-63,76-78H,10-39H2,1-9H3,(H,73,79)(H,74,80)(H,75,81)/t40-,41-,42-,43-,44-,45-,46-,47-,48-,49+,50+,51+,52-,53-,54-,55+,56+,57+,58+,59+,60+,61+,62+,63+,67+,68+,69+,70-,71-,72-/m1/s1. The van der Waals surface area contributed by atoms with Crippen molar-refractivity contribution < 1.29 is 29.7 Å². The van der Waals surface area contributed by atoms with Crippen molar-refractivity contribution in [3.05, 3.63) is 0 Å². The molecule has 30 atom stereocenters. The number of fused-ring (bicyclic) bond motifs is 1. The first-order valence-corrected chi connectivity index (χ1v) is 35.4. The molecule has 25 fully saturated rings. The largest absolute Gasteiger partial charge is 0.393 e. The van der Waals surface area contributed by atoms with Gasteiger partial charge in [-0.2, -0.15) is 0 Å². The summed E-state index contributed by atoms with van der Waals surface area (Å²) in [6.45, 7) is 22.3. The third-order valence-electron chi connectivity index (χ3n) is 32.2. The lowest BCUT2D eigenvalue weighted by Crippen LogP contribution is -2.59. The molecule has 9 heteroatoms. The minimum Gasteiger partial charge on any atom is -0.393 e. The summed E-state index contributed by atoms with van der Waals surface area (Å²) in [6, 6.07) is 0.705. The molecule has 3 amide bonds. The van der Waals surface area contributed by atoms with Crippen molar-refractivity contribution in [3.63, 3.8) is 0 Å². The van der Waals surface area contributed by atoms with E-state index in [2.05, 4.69) is 78.3 Å². The van der Waals surface area contributed by atoms with Gasteiger partial charge in [0.15, 0.2) is 0 Å². The summed E-state index contributed by atoms with van der Waals surface area (Å²) in [6.07, 6.45) is 30.4. The van der Waals surface area contributed by atoms with E-state index in [9.17, 15) is 29.7 Å². The third kappa shape index (κ3) is 9.14. The predicted octanol–water partition coefficient (Wildman–Crippen LogP) is 13.6. The second-order valence-corrected chi connectivity index (χ2v) is 34.5. The molecule has 12 saturated carbocycles. The molecule has 25 rings (SSSR count). The Balaban J connectivity index is 0.706. The van der Waals surface area contributed by atoms with E-state index in [0.29, 0.717) is 126 Å². The van der Waals surface area contributed by atoms with Crippen LogP contribution in [0, 0.1) is 139 Å². The van der Waals surface area contributed by atoms with Crippen LogP contribution in [0.25, 0.3) is 0 Å². The second kappa shape index (κ2) is 21.3. The van der Waals surface area contributed by atoms with E-state index in [-0.39, 0.29) is 86.6 Å². The third-order valence-corrected chi connectivity index (χ3v) is 32.2. The smallest absolute Gasteiger partial charge is 0.220 e. The summed E-state index contributed by atoms with van der Waals surface area (Å²) in [5.74, 6) is 10.0.